The lowest BCUT2D eigenvalue weighted by molar-refractivity contribution is -0.0702. The Bertz CT molecular complexity index is 295. The van der Waals surface area contributed by atoms with E-state index in [9.17, 15) is 0 Å². The number of hydrogen-bond donors (Lipinski definition) is 1. The van der Waals surface area contributed by atoms with Crippen LogP contribution in [0, 0.1) is 23.2 Å². The third-order valence-corrected chi connectivity index (χ3v) is 6.01. The van der Waals surface area contributed by atoms with Crippen molar-refractivity contribution >= 4 is 0 Å². The van der Waals surface area contributed by atoms with E-state index in [1.54, 1.807) is 19.3 Å². The first-order valence-corrected chi connectivity index (χ1v) is 7.95. The summed E-state index contributed by atoms with van der Waals surface area (Å²) in [5, 5.41) is 3.81. The van der Waals surface area contributed by atoms with Crippen molar-refractivity contribution in [3.05, 3.63) is 12.2 Å². The molecule has 0 aromatic heterocycles. The van der Waals surface area contributed by atoms with E-state index in [-0.39, 0.29) is 0 Å². The highest BCUT2D eigenvalue weighted by molar-refractivity contribution is 5.05. The Labute approximate surface area is 112 Å². The highest BCUT2D eigenvalue weighted by atomic mass is 14.9. The Morgan fingerprint density at radius 3 is 2.11 bits per heavy atom. The number of nitrogens with one attached hydrogen (secondary N) is 1. The van der Waals surface area contributed by atoms with Gasteiger partial charge < -0.3 is 5.32 Å². The second-order valence-electron chi connectivity index (χ2n) is 7.66. The zero-order valence-corrected chi connectivity index (χ0v) is 12.2. The van der Waals surface area contributed by atoms with Gasteiger partial charge in [-0.05, 0) is 88.5 Å². The molecule has 0 aromatic rings. The predicted molar refractivity (Wildman–Crippen MR) is 77.5 cm³/mol. The fourth-order valence-electron chi connectivity index (χ4n) is 5.43. The molecule has 4 fully saturated rings. The van der Waals surface area contributed by atoms with E-state index < -0.39 is 0 Å². The van der Waals surface area contributed by atoms with Gasteiger partial charge in [0.05, 0.1) is 0 Å². The second kappa shape index (κ2) is 4.67. The fraction of sp³-hybridized carbons (Fsp3) is 0.882. The highest BCUT2D eigenvalue weighted by Gasteiger charge is 2.52. The molecule has 0 heterocycles. The molecule has 4 aliphatic carbocycles. The molecule has 0 aromatic carbocycles. The zero-order chi connectivity index (χ0) is 12.8. The van der Waals surface area contributed by atoms with Crippen LogP contribution in [0.1, 0.15) is 58.8 Å². The maximum Gasteiger partial charge on any atom is 0.00956 e. The van der Waals surface area contributed by atoms with Crippen LogP contribution < -0.4 is 5.32 Å². The van der Waals surface area contributed by atoms with Gasteiger partial charge in [0, 0.05) is 6.04 Å². The zero-order valence-electron chi connectivity index (χ0n) is 12.2. The van der Waals surface area contributed by atoms with Crippen molar-refractivity contribution in [1.82, 2.24) is 5.32 Å². The minimum absolute atomic E-state index is 0.657. The number of rotatable bonds is 5. The molecule has 0 spiro atoms. The summed E-state index contributed by atoms with van der Waals surface area (Å²) in [6.45, 7) is 9.71. The van der Waals surface area contributed by atoms with Gasteiger partial charge in [0.25, 0.3) is 0 Å². The van der Waals surface area contributed by atoms with E-state index in [2.05, 4.69) is 25.7 Å². The molecule has 4 rings (SSSR count). The van der Waals surface area contributed by atoms with Gasteiger partial charge in [-0.2, -0.15) is 0 Å². The van der Waals surface area contributed by atoms with E-state index in [1.165, 1.54) is 24.8 Å². The van der Waals surface area contributed by atoms with Gasteiger partial charge in [-0.1, -0.05) is 5.57 Å². The lowest BCUT2D eigenvalue weighted by atomic mass is 9.48. The molecule has 0 amide bonds. The number of hydrogen-bond acceptors (Lipinski definition) is 1. The molecule has 1 nitrogen and oxygen atoms in total. The van der Waals surface area contributed by atoms with E-state index in [0.29, 0.717) is 11.5 Å². The lowest BCUT2D eigenvalue weighted by Crippen LogP contribution is -2.54. The Kier molecular flexibility index (Phi) is 3.30. The van der Waals surface area contributed by atoms with Crippen LogP contribution in [0.3, 0.4) is 0 Å². The molecule has 0 radical (unpaired) electrons. The summed E-state index contributed by atoms with van der Waals surface area (Å²) in [5.74, 6) is 3.21. The third-order valence-electron chi connectivity index (χ3n) is 6.01. The molecule has 4 bridgehead atoms. The van der Waals surface area contributed by atoms with Gasteiger partial charge in [0.1, 0.15) is 0 Å². The van der Waals surface area contributed by atoms with Crippen LogP contribution in [0.5, 0.6) is 0 Å². The minimum Gasteiger partial charge on any atom is -0.313 e. The molecule has 1 unspecified atom stereocenters. The molecule has 4 saturated carbocycles. The van der Waals surface area contributed by atoms with Crippen LogP contribution in [-0.2, 0) is 0 Å². The van der Waals surface area contributed by atoms with Crippen molar-refractivity contribution in [2.24, 2.45) is 23.2 Å². The first kappa shape index (κ1) is 12.7. The van der Waals surface area contributed by atoms with Crippen molar-refractivity contribution in [2.45, 2.75) is 64.8 Å². The van der Waals surface area contributed by atoms with E-state index in [0.717, 1.165) is 30.7 Å². The Hall–Kier alpha value is -0.300. The molecule has 0 saturated heterocycles. The Balaban J connectivity index is 1.62. The normalized spacial score (nSPS) is 43.1. The Morgan fingerprint density at radius 1 is 1.17 bits per heavy atom. The van der Waals surface area contributed by atoms with Crippen LogP contribution in [0.4, 0.5) is 0 Å². The van der Waals surface area contributed by atoms with Gasteiger partial charge in [0.15, 0.2) is 0 Å². The third kappa shape index (κ3) is 2.27. The SMILES string of the molecule is C=C(C)CCNC(C)C12CC3CC(CC(C3)C1)C2. The van der Waals surface area contributed by atoms with Gasteiger partial charge in [-0.15, -0.1) is 6.58 Å². The van der Waals surface area contributed by atoms with E-state index in [1.807, 2.05) is 0 Å². The molecule has 4 aliphatic rings. The van der Waals surface area contributed by atoms with E-state index >= 15 is 0 Å². The molecule has 1 N–H and O–H groups in total. The summed E-state index contributed by atoms with van der Waals surface area (Å²) < 4.78 is 0. The molecule has 1 atom stereocenters. The van der Waals surface area contributed by atoms with Crippen molar-refractivity contribution in [3.63, 3.8) is 0 Å². The molecule has 18 heavy (non-hydrogen) atoms. The highest BCUT2D eigenvalue weighted by Crippen LogP contribution is 2.61. The maximum absolute atomic E-state index is 4.00. The monoisotopic (exact) mass is 247 g/mol. The van der Waals surface area contributed by atoms with Gasteiger partial charge in [-0.3, -0.25) is 0 Å². The summed E-state index contributed by atoms with van der Waals surface area (Å²) in [5.41, 5.74) is 1.96. The fourth-order valence-corrected chi connectivity index (χ4v) is 5.43. The molecule has 1 heteroatoms. The van der Waals surface area contributed by atoms with E-state index in [4.69, 9.17) is 0 Å². The average molecular weight is 247 g/mol. The maximum atomic E-state index is 4.00. The second-order valence-corrected chi connectivity index (χ2v) is 7.66. The first-order chi connectivity index (χ1) is 8.57. The van der Waals surface area contributed by atoms with Crippen molar-refractivity contribution in [2.75, 3.05) is 6.54 Å². The summed E-state index contributed by atoms with van der Waals surface area (Å²) in [6, 6.07) is 0.713. The van der Waals surface area contributed by atoms with Crippen LogP contribution in [0.15, 0.2) is 12.2 Å². The largest absolute Gasteiger partial charge is 0.313 e. The molecule has 0 aliphatic heterocycles. The molecular formula is C17H29N. The Morgan fingerprint density at radius 2 is 1.67 bits per heavy atom. The average Bonchev–Trinajstić information content (AvgIpc) is 2.26. The summed E-state index contributed by atoms with van der Waals surface area (Å²) in [7, 11) is 0. The quantitative estimate of drug-likeness (QED) is 0.720. The standard InChI is InChI=1S/C17H29N/c1-12(2)4-5-18-13(3)17-9-14-6-15(10-17)8-16(7-14)11-17/h13-16,18H,1,4-11H2,2-3H3. The summed E-state index contributed by atoms with van der Waals surface area (Å²) >= 11 is 0. The van der Waals surface area contributed by atoms with Gasteiger partial charge >= 0.3 is 0 Å². The van der Waals surface area contributed by atoms with Gasteiger partial charge in [0.2, 0.25) is 0 Å². The smallest absolute Gasteiger partial charge is 0.00956 e. The first-order valence-electron chi connectivity index (χ1n) is 7.95. The molecular weight excluding hydrogens is 218 g/mol. The van der Waals surface area contributed by atoms with Crippen molar-refractivity contribution in [3.8, 4) is 0 Å². The topological polar surface area (TPSA) is 12.0 Å². The van der Waals surface area contributed by atoms with Crippen molar-refractivity contribution < 1.29 is 0 Å². The predicted octanol–water partition coefficient (Wildman–Crippen LogP) is 4.15. The van der Waals surface area contributed by atoms with Crippen LogP contribution >= 0.6 is 0 Å². The lowest BCUT2D eigenvalue weighted by Gasteiger charge is -2.59. The summed E-state index contributed by atoms with van der Waals surface area (Å²) in [4.78, 5) is 0. The van der Waals surface area contributed by atoms with Crippen LogP contribution in [0.2, 0.25) is 0 Å². The minimum atomic E-state index is 0.657. The van der Waals surface area contributed by atoms with Crippen molar-refractivity contribution in [1.29, 1.82) is 0 Å². The van der Waals surface area contributed by atoms with Crippen LogP contribution in [0.25, 0.3) is 0 Å². The van der Waals surface area contributed by atoms with Gasteiger partial charge in [-0.25, -0.2) is 0 Å². The molecule has 102 valence electrons. The summed E-state index contributed by atoms with van der Waals surface area (Å²) in [6.07, 6.45) is 10.3. The van der Waals surface area contributed by atoms with Crippen LogP contribution in [-0.4, -0.2) is 12.6 Å².